The maximum Gasteiger partial charge on any atom is 0.233 e. The van der Waals surface area contributed by atoms with Gasteiger partial charge >= 0.3 is 0 Å². The largest absolute Gasteiger partial charge is 0.358 e. The zero-order valence-electron chi connectivity index (χ0n) is 15.0. The van der Waals surface area contributed by atoms with Gasteiger partial charge in [0.25, 0.3) is 0 Å². The Balaban J connectivity index is 1.80. The van der Waals surface area contributed by atoms with E-state index < -0.39 is 0 Å². The summed E-state index contributed by atoms with van der Waals surface area (Å²) in [4.78, 5) is 16.2. The highest BCUT2D eigenvalue weighted by atomic mass is 16.1. The van der Waals surface area contributed by atoms with Crippen molar-refractivity contribution in [2.45, 2.75) is 32.7 Å². The maximum absolute atomic E-state index is 11.5. The Kier molecular flexibility index (Phi) is 6.60. The fraction of sp³-hybridized carbons (Fsp3) is 0.632. The number of rotatable bonds is 6. The Morgan fingerprint density at radius 1 is 1.39 bits per heavy atom. The number of likely N-dealkylation sites (tertiary alicyclic amines) is 1. The van der Waals surface area contributed by atoms with E-state index in [9.17, 15) is 4.79 Å². The monoisotopic (exact) mass is 317 g/mol. The molecule has 1 fully saturated rings. The van der Waals surface area contributed by atoms with E-state index in [1.54, 1.807) is 7.05 Å². The SMILES string of the molecule is CNC(=O)CN1CCC(CN(C)C(C)c2cccc(C)c2)CC1. The predicted octanol–water partition coefficient (Wildman–Crippen LogP) is 2.45. The fourth-order valence-electron chi connectivity index (χ4n) is 3.36. The molecule has 128 valence electrons. The predicted molar refractivity (Wildman–Crippen MR) is 95.5 cm³/mol. The van der Waals surface area contributed by atoms with Crippen LogP contribution in [-0.2, 0) is 4.79 Å². The molecular weight excluding hydrogens is 286 g/mol. The van der Waals surface area contributed by atoms with Gasteiger partial charge in [0.15, 0.2) is 0 Å². The van der Waals surface area contributed by atoms with Gasteiger partial charge < -0.3 is 5.32 Å². The molecule has 1 unspecified atom stereocenters. The Labute approximate surface area is 140 Å². The number of piperidine rings is 1. The summed E-state index contributed by atoms with van der Waals surface area (Å²) in [6.45, 7) is 8.17. The zero-order chi connectivity index (χ0) is 16.8. The van der Waals surface area contributed by atoms with Crippen molar-refractivity contribution in [1.82, 2.24) is 15.1 Å². The molecule has 0 aromatic heterocycles. The Morgan fingerprint density at radius 3 is 2.70 bits per heavy atom. The third kappa shape index (κ3) is 5.33. The number of benzene rings is 1. The van der Waals surface area contributed by atoms with Crippen LogP contribution in [0.25, 0.3) is 0 Å². The number of aryl methyl sites for hydroxylation is 1. The Hall–Kier alpha value is -1.39. The lowest BCUT2D eigenvalue weighted by Gasteiger charge is -2.35. The lowest BCUT2D eigenvalue weighted by atomic mass is 9.95. The summed E-state index contributed by atoms with van der Waals surface area (Å²) in [5.41, 5.74) is 2.72. The van der Waals surface area contributed by atoms with Gasteiger partial charge in [-0.3, -0.25) is 14.6 Å². The number of carbonyl (C=O) groups is 1. The number of amides is 1. The van der Waals surface area contributed by atoms with Crippen molar-refractivity contribution >= 4 is 5.91 Å². The third-order valence-corrected chi connectivity index (χ3v) is 5.09. The van der Waals surface area contributed by atoms with E-state index in [1.807, 2.05) is 0 Å². The lowest BCUT2D eigenvalue weighted by molar-refractivity contribution is -0.122. The number of nitrogens with zero attached hydrogens (tertiary/aromatic N) is 2. The van der Waals surface area contributed by atoms with Crippen LogP contribution >= 0.6 is 0 Å². The minimum Gasteiger partial charge on any atom is -0.358 e. The van der Waals surface area contributed by atoms with Crippen LogP contribution in [0.5, 0.6) is 0 Å². The molecular formula is C19H31N3O. The van der Waals surface area contributed by atoms with Crippen LogP contribution in [0.2, 0.25) is 0 Å². The average Bonchev–Trinajstić information content (AvgIpc) is 2.55. The molecule has 0 bridgehead atoms. The molecule has 1 atom stereocenters. The number of carbonyl (C=O) groups excluding carboxylic acids is 1. The first kappa shape index (κ1) is 18.0. The molecule has 1 heterocycles. The molecule has 1 aliphatic rings. The molecule has 1 saturated heterocycles. The summed E-state index contributed by atoms with van der Waals surface area (Å²) in [6.07, 6.45) is 2.36. The molecule has 1 aliphatic heterocycles. The molecule has 4 nitrogen and oxygen atoms in total. The maximum atomic E-state index is 11.5. The molecule has 1 amide bonds. The number of hydrogen-bond donors (Lipinski definition) is 1. The second kappa shape index (κ2) is 8.46. The molecule has 1 aromatic rings. The normalized spacial score (nSPS) is 18.1. The van der Waals surface area contributed by atoms with Gasteiger partial charge in [0, 0.05) is 19.6 Å². The average molecular weight is 317 g/mol. The van der Waals surface area contributed by atoms with E-state index in [0.29, 0.717) is 12.6 Å². The summed E-state index contributed by atoms with van der Waals surface area (Å²) < 4.78 is 0. The second-order valence-corrected chi connectivity index (χ2v) is 6.92. The van der Waals surface area contributed by atoms with Gasteiger partial charge in [-0.2, -0.15) is 0 Å². The number of hydrogen-bond acceptors (Lipinski definition) is 3. The van der Waals surface area contributed by atoms with Crippen molar-refractivity contribution in [3.63, 3.8) is 0 Å². The van der Waals surface area contributed by atoms with E-state index in [-0.39, 0.29) is 5.91 Å². The molecule has 23 heavy (non-hydrogen) atoms. The molecule has 2 rings (SSSR count). The van der Waals surface area contributed by atoms with Gasteiger partial charge in [-0.15, -0.1) is 0 Å². The molecule has 0 spiro atoms. The molecule has 4 heteroatoms. The number of nitrogens with one attached hydrogen (secondary N) is 1. The smallest absolute Gasteiger partial charge is 0.233 e. The standard InChI is InChI=1S/C19H31N3O/c1-15-6-5-7-18(12-15)16(2)21(4)13-17-8-10-22(11-9-17)14-19(23)20-3/h5-7,12,16-17H,8-11,13-14H2,1-4H3,(H,20,23). The van der Waals surface area contributed by atoms with Gasteiger partial charge in [0.05, 0.1) is 6.54 Å². The van der Waals surface area contributed by atoms with Crippen LogP contribution in [0.3, 0.4) is 0 Å². The van der Waals surface area contributed by atoms with E-state index in [0.717, 1.165) is 25.6 Å². The molecule has 0 radical (unpaired) electrons. The second-order valence-electron chi connectivity index (χ2n) is 6.92. The van der Waals surface area contributed by atoms with Crippen molar-refractivity contribution in [3.05, 3.63) is 35.4 Å². The van der Waals surface area contributed by atoms with Crippen LogP contribution in [-0.4, -0.2) is 56.0 Å². The van der Waals surface area contributed by atoms with E-state index in [4.69, 9.17) is 0 Å². The minimum absolute atomic E-state index is 0.119. The number of likely N-dealkylation sites (N-methyl/N-ethyl adjacent to an activating group) is 1. The van der Waals surface area contributed by atoms with Crippen LogP contribution in [0.15, 0.2) is 24.3 Å². The first-order valence-electron chi connectivity index (χ1n) is 8.69. The van der Waals surface area contributed by atoms with Gasteiger partial charge in [-0.1, -0.05) is 29.8 Å². The summed E-state index contributed by atoms with van der Waals surface area (Å²) in [5.74, 6) is 0.849. The molecule has 0 aliphatic carbocycles. The van der Waals surface area contributed by atoms with Crippen LogP contribution in [0.1, 0.15) is 36.9 Å². The summed E-state index contributed by atoms with van der Waals surface area (Å²) in [7, 11) is 3.93. The van der Waals surface area contributed by atoms with Crippen molar-refractivity contribution < 1.29 is 4.79 Å². The zero-order valence-corrected chi connectivity index (χ0v) is 15.0. The highest BCUT2D eigenvalue weighted by molar-refractivity contribution is 5.77. The fourth-order valence-corrected chi connectivity index (χ4v) is 3.36. The Morgan fingerprint density at radius 2 is 2.09 bits per heavy atom. The van der Waals surface area contributed by atoms with Crippen molar-refractivity contribution in [2.24, 2.45) is 5.92 Å². The van der Waals surface area contributed by atoms with Crippen molar-refractivity contribution in [1.29, 1.82) is 0 Å². The third-order valence-electron chi connectivity index (χ3n) is 5.09. The van der Waals surface area contributed by atoms with Crippen LogP contribution < -0.4 is 5.32 Å². The van der Waals surface area contributed by atoms with E-state index in [2.05, 4.69) is 60.3 Å². The summed E-state index contributed by atoms with van der Waals surface area (Å²) in [6, 6.07) is 9.25. The first-order chi connectivity index (χ1) is 11.0. The highest BCUT2D eigenvalue weighted by Gasteiger charge is 2.23. The quantitative estimate of drug-likeness (QED) is 0.875. The van der Waals surface area contributed by atoms with Gasteiger partial charge in [-0.05, 0) is 58.3 Å². The van der Waals surface area contributed by atoms with Gasteiger partial charge in [0.2, 0.25) is 5.91 Å². The molecule has 1 N–H and O–H groups in total. The minimum atomic E-state index is 0.119. The highest BCUT2D eigenvalue weighted by Crippen LogP contribution is 2.24. The Bertz CT molecular complexity index is 509. The van der Waals surface area contributed by atoms with Gasteiger partial charge in [-0.25, -0.2) is 0 Å². The molecule has 0 saturated carbocycles. The van der Waals surface area contributed by atoms with E-state index >= 15 is 0 Å². The summed E-state index contributed by atoms with van der Waals surface area (Å²) in [5, 5.41) is 2.70. The van der Waals surface area contributed by atoms with Crippen LogP contribution in [0.4, 0.5) is 0 Å². The van der Waals surface area contributed by atoms with E-state index in [1.165, 1.54) is 24.0 Å². The molecule has 1 aromatic carbocycles. The van der Waals surface area contributed by atoms with Gasteiger partial charge in [0.1, 0.15) is 0 Å². The van der Waals surface area contributed by atoms with Crippen molar-refractivity contribution in [2.75, 3.05) is 40.3 Å². The summed E-state index contributed by atoms with van der Waals surface area (Å²) >= 11 is 0. The topological polar surface area (TPSA) is 35.6 Å². The van der Waals surface area contributed by atoms with Crippen molar-refractivity contribution in [3.8, 4) is 0 Å². The van der Waals surface area contributed by atoms with Crippen LogP contribution in [0, 0.1) is 12.8 Å². The lowest BCUT2D eigenvalue weighted by Crippen LogP contribution is -2.42. The first-order valence-corrected chi connectivity index (χ1v) is 8.69.